The molecule has 8 aromatic rings. The molecule has 0 spiro atoms. The first-order valence-electron chi connectivity index (χ1n) is 17.5. The summed E-state index contributed by atoms with van der Waals surface area (Å²) < 4.78 is 11.0. The second kappa shape index (κ2) is 14.8. The molecular weight excluding hydrogens is 705 g/mol. The first kappa shape index (κ1) is 33.3. The zero-order valence-electron chi connectivity index (χ0n) is 29.0. The predicted octanol–water partition coefficient (Wildman–Crippen LogP) is 7.48. The van der Waals surface area contributed by atoms with Gasteiger partial charge in [0.2, 0.25) is 0 Å². The third-order valence-corrected chi connectivity index (χ3v) is 11.3. The molecule has 0 radical (unpaired) electrons. The van der Waals surface area contributed by atoms with Crippen molar-refractivity contribution in [2.24, 2.45) is 0 Å². The number of hydrogen-bond donors (Lipinski definition) is 2. The number of aromatic amines is 2. The number of morpholine rings is 2. The van der Waals surface area contributed by atoms with Crippen molar-refractivity contribution in [3.8, 4) is 44.3 Å². The number of H-pyrrole nitrogens is 2. The van der Waals surface area contributed by atoms with Gasteiger partial charge >= 0.3 is 0 Å². The number of nitrogens with one attached hydrogen (secondary N) is 2. The van der Waals surface area contributed by atoms with E-state index in [0.29, 0.717) is 0 Å². The molecule has 2 N–H and O–H groups in total. The largest absolute Gasteiger partial charge is 0.378 e. The molecule has 2 aliphatic rings. The molecule has 2 saturated heterocycles. The molecule has 0 aliphatic carbocycles. The van der Waals surface area contributed by atoms with Crippen molar-refractivity contribution < 1.29 is 9.47 Å². The van der Waals surface area contributed by atoms with E-state index in [1.807, 2.05) is 30.6 Å². The number of rotatable bonds is 6. The fraction of sp³-hybridized carbons (Fsp3) is 0.231. The summed E-state index contributed by atoms with van der Waals surface area (Å²) in [6, 6.07) is 16.6. The first-order valence-corrected chi connectivity index (χ1v) is 19.3. The van der Waals surface area contributed by atoms with Gasteiger partial charge < -0.3 is 19.3 Å². The number of nitrogens with zero attached hydrogens (tertiary/aromatic N) is 8. The van der Waals surface area contributed by atoms with Crippen molar-refractivity contribution in [1.29, 1.82) is 0 Å². The Morgan fingerprint density at radius 1 is 0.642 bits per heavy atom. The molecule has 0 amide bonds. The molecular formula is C39H36N10O2S2. The summed E-state index contributed by atoms with van der Waals surface area (Å²) in [7, 11) is 0. The van der Waals surface area contributed by atoms with Crippen LogP contribution in [0.25, 0.3) is 66.1 Å². The van der Waals surface area contributed by atoms with Gasteiger partial charge in [-0.25, -0.2) is 9.97 Å². The molecule has 0 saturated carbocycles. The van der Waals surface area contributed by atoms with Crippen LogP contribution in [-0.2, 0) is 9.47 Å². The smallest absolute Gasteiger partial charge is 0.130 e. The second-order valence-corrected chi connectivity index (χ2v) is 14.4. The van der Waals surface area contributed by atoms with E-state index in [1.54, 1.807) is 35.1 Å². The van der Waals surface area contributed by atoms with Crippen LogP contribution in [0.5, 0.6) is 0 Å². The molecule has 266 valence electrons. The fourth-order valence-electron chi connectivity index (χ4n) is 6.85. The molecule has 10 rings (SSSR count). The van der Waals surface area contributed by atoms with Crippen molar-refractivity contribution >= 4 is 56.1 Å². The van der Waals surface area contributed by atoms with Crippen molar-refractivity contribution in [3.05, 3.63) is 95.0 Å². The van der Waals surface area contributed by atoms with Gasteiger partial charge in [-0.3, -0.25) is 20.2 Å². The average molecular weight is 741 g/mol. The van der Waals surface area contributed by atoms with Crippen LogP contribution in [0.4, 0.5) is 11.6 Å². The third-order valence-electron chi connectivity index (χ3n) is 9.54. The Labute approximate surface area is 313 Å². The summed E-state index contributed by atoms with van der Waals surface area (Å²) in [5.41, 5.74) is 10.1. The van der Waals surface area contributed by atoms with Crippen molar-refractivity contribution in [2.45, 2.75) is 6.92 Å². The highest BCUT2D eigenvalue weighted by Gasteiger charge is 2.21. The normalized spacial score (nSPS) is 14.8. The van der Waals surface area contributed by atoms with Crippen molar-refractivity contribution in [2.75, 3.05) is 62.4 Å². The lowest BCUT2D eigenvalue weighted by Crippen LogP contribution is -2.36. The van der Waals surface area contributed by atoms with Gasteiger partial charge in [0, 0.05) is 72.2 Å². The molecule has 0 atom stereocenters. The SMILES string of the molecule is Cc1cscc1-c1cc(N2CCOCC2)nc2c(-c3ccn[nH]3)nccc12.c1csc(-c2cc(N3CCOCC3)nc3c(-c4ccn[nH]4)nccc23)c1. The topological polar surface area (TPSA) is 134 Å². The van der Waals surface area contributed by atoms with E-state index in [-0.39, 0.29) is 0 Å². The molecule has 14 heteroatoms. The average Bonchev–Trinajstić information content (AvgIpc) is 4.07. The maximum Gasteiger partial charge on any atom is 0.130 e. The quantitative estimate of drug-likeness (QED) is 0.177. The summed E-state index contributed by atoms with van der Waals surface area (Å²) in [5.74, 6) is 1.94. The number of pyridine rings is 4. The van der Waals surface area contributed by atoms with E-state index in [1.165, 1.54) is 27.1 Å². The van der Waals surface area contributed by atoms with Crippen LogP contribution in [0.1, 0.15) is 5.56 Å². The Morgan fingerprint density at radius 3 is 1.70 bits per heavy atom. The Kier molecular flexibility index (Phi) is 9.32. The molecule has 2 aliphatic heterocycles. The summed E-state index contributed by atoms with van der Waals surface area (Å²) in [6.45, 7) is 8.47. The van der Waals surface area contributed by atoms with Gasteiger partial charge in [0.05, 0.1) is 37.8 Å². The molecule has 12 nitrogen and oxygen atoms in total. The monoisotopic (exact) mass is 740 g/mol. The van der Waals surface area contributed by atoms with Crippen molar-refractivity contribution in [3.63, 3.8) is 0 Å². The molecule has 0 aromatic carbocycles. The summed E-state index contributed by atoms with van der Waals surface area (Å²) in [5, 5.41) is 22.9. The zero-order chi connectivity index (χ0) is 35.6. The molecule has 0 bridgehead atoms. The Balaban J connectivity index is 0.000000141. The first-order chi connectivity index (χ1) is 26.2. The maximum absolute atomic E-state index is 5.52. The Hall–Kier alpha value is -5.54. The van der Waals surface area contributed by atoms with Gasteiger partial charge in [-0.15, -0.1) is 11.3 Å². The number of thiophene rings is 2. The van der Waals surface area contributed by atoms with E-state index >= 15 is 0 Å². The molecule has 8 aromatic heterocycles. The molecule has 2 fully saturated rings. The van der Waals surface area contributed by atoms with Gasteiger partial charge in [-0.1, -0.05) is 6.07 Å². The van der Waals surface area contributed by atoms with E-state index in [2.05, 4.69) is 93.6 Å². The third kappa shape index (κ3) is 6.66. The fourth-order valence-corrected chi connectivity index (χ4v) is 8.45. The zero-order valence-corrected chi connectivity index (χ0v) is 30.7. The van der Waals surface area contributed by atoms with E-state index in [4.69, 9.17) is 19.4 Å². The summed E-state index contributed by atoms with van der Waals surface area (Å²) in [6.07, 6.45) is 7.17. The van der Waals surface area contributed by atoms with E-state index < -0.39 is 0 Å². The molecule has 53 heavy (non-hydrogen) atoms. The lowest BCUT2D eigenvalue weighted by Gasteiger charge is -2.28. The highest BCUT2D eigenvalue weighted by atomic mass is 32.1. The molecule has 10 heterocycles. The number of anilines is 2. The minimum absolute atomic E-state index is 0.729. The van der Waals surface area contributed by atoms with Gasteiger partial charge in [-0.05, 0) is 82.2 Å². The number of aromatic nitrogens is 8. The maximum atomic E-state index is 5.52. The highest BCUT2D eigenvalue weighted by Crippen LogP contribution is 2.39. The Morgan fingerprint density at radius 2 is 1.21 bits per heavy atom. The van der Waals surface area contributed by atoms with Gasteiger partial charge in [0.25, 0.3) is 0 Å². The number of aryl methyl sites for hydroxylation is 1. The Bertz CT molecular complexity index is 2450. The van der Waals surface area contributed by atoms with Crippen LogP contribution in [-0.4, -0.2) is 92.9 Å². The van der Waals surface area contributed by atoms with E-state index in [0.717, 1.165) is 109 Å². The standard InChI is InChI=1S/C20H19N5OS.C19H17N5OS/c1-13-11-27-12-16(13)15-10-18(25-6-8-26-9-7-25)23-19-14(15)2-4-21-20(19)17-3-5-22-24-17;1-2-16(26-11-1)14-12-17(24-7-9-25-10-8-24)22-18-13(14)3-5-20-19(18)15-4-6-21-23-15/h2-5,10-12H,6-9H2,1H3,(H,22,24);1-6,11-12H,7-10H2,(H,21,23). The summed E-state index contributed by atoms with van der Waals surface area (Å²) in [4.78, 5) is 25.0. The van der Waals surface area contributed by atoms with E-state index in [9.17, 15) is 0 Å². The minimum atomic E-state index is 0.729. The van der Waals surface area contributed by atoms with Crippen molar-refractivity contribution in [1.82, 2.24) is 40.3 Å². The van der Waals surface area contributed by atoms with Crippen LogP contribution in [0.2, 0.25) is 0 Å². The minimum Gasteiger partial charge on any atom is -0.378 e. The predicted molar refractivity (Wildman–Crippen MR) is 212 cm³/mol. The lowest BCUT2D eigenvalue weighted by molar-refractivity contribution is 0.122. The second-order valence-electron chi connectivity index (χ2n) is 12.8. The number of hydrogen-bond acceptors (Lipinski definition) is 12. The summed E-state index contributed by atoms with van der Waals surface area (Å²) >= 11 is 3.47. The van der Waals surface area contributed by atoms with Crippen LogP contribution >= 0.6 is 22.7 Å². The van der Waals surface area contributed by atoms with Gasteiger partial charge in [0.1, 0.15) is 34.1 Å². The van der Waals surface area contributed by atoms with Crippen LogP contribution in [0, 0.1) is 6.92 Å². The number of fused-ring (bicyclic) bond motifs is 2. The number of ether oxygens (including phenoxy) is 2. The van der Waals surface area contributed by atoms with Crippen LogP contribution < -0.4 is 9.80 Å². The molecule has 0 unspecified atom stereocenters. The highest BCUT2D eigenvalue weighted by molar-refractivity contribution is 7.13. The van der Waals surface area contributed by atoms with Crippen LogP contribution in [0.15, 0.2) is 89.5 Å². The van der Waals surface area contributed by atoms with Crippen LogP contribution in [0.3, 0.4) is 0 Å². The van der Waals surface area contributed by atoms with Gasteiger partial charge in [0.15, 0.2) is 0 Å². The van der Waals surface area contributed by atoms with Gasteiger partial charge in [-0.2, -0.15) is 21.5 Å². The lowest BCUT2D eigenvalue weighted by atomic mass is 10.00.